The zero-order chi connectivity index (χ0) is 8.10. The molecule has 0 aromatic heterocycles. The fraction of sp³-hybridized carbons (Fsp3) is 0.800. The van der Waals surface area contributed by atoms with Crippen molar-refractivity contribution in [1.29, 1.82) is 0 Å². The lowest BCUT2D eigenvalue weighted by molar-refractivity contribution is 0.617. The van der Waals surface area contributed by atoms with Gasteiger partial charge in [-0.05, 0) is 31.6 Å². The lowest BCUT2D eigenvalue weighted by Gasteiger charge is -2.05. The number of hydrogen-bond donors (Lipinski definition) is 0. The van der Waals surface area contributed by atoms with E-state index >= 15 is 0 Å². The molecule has 0 bridgehead atoms. The summed E-state index contributed by atoms with van der Waals surface area (Å²) in [5.74, 6) is 3.48. The van der Waals surface area contributed by atoms with E-state index in [1.807, 2.05) is 0 Å². The van der Waals surface area contributed by atoms with Gasteiger partial charge in [-0.2, -0.15) is 0 Å². The van der Waals surface area contributed by atoms with E-state index in [4.69, 9.17) is 18.0 Å². The van der Waals surface area contributed by atoms with E-state index in [1.165, 1.54) is 19.3 Å². The summed E-state index contributed by atoms with van der Waals surface area (Å²) in [5.41, 5.74) is 0. The van der Waals surface area contributed by atoms with Gasteiger partial charge in [-0.25, -0.2) is 0 Å². The Morgan fingerprint density at radius 1 is 1.45 bits per heavy atom. The number of alkyl halides is 1. The van der Waals surface area contributed by atoms with Crippen molar-refractivity contribution in [3.8, 4) is 12.3 Å². The highest BCUT2D eigenvalue weighted by molar-refractivity contribution is 6.20. The summed E-state index contributed by atoms with van der Waals surface area (Å²) in [4.78, 5) is 0. The van der Waals surface area contributed by atoms with E-state index in [0.717, 1.165) is 25.2 Å². The minimum Gasteiger partial charge on any atom is -0.123 e. The highest BCUT2D eigenvalue weighted by atomic mass is 35.5. The summed E-state index contributed by atoms with van der Waals surface area (Å²) in [7, 11) is 0. The summed E-state index contributed by atoms with van der Waals surface area (Å²) in [5, 5.41) is 0.438. The van der Waals surface area contributed by atoms with Crippen LogP contribution in [0, 0.1) is 18.3 Å². The third-order valence-electron chi connectivity index (χ3n) is 2.18. The van der Waals surface area contributed by atoms with Crippen LogP contribution < -0.4 is 0 Å². The number of unbranched alkanes of at least 4 members (excludes halogenated alkanes) is 2. The molecule has 0 nitrogen and oxygen atoms in total. The van der Waals surface area contributed by atoms with Gasteiger partial charge in [0.05, 0.1) is 0 Å². The number of halogens is 1. The summed E-state index contributed by atoms with van der Waals surface area (Å²) in [6.45, 7) is 0. The Bertz CT molecular complexity index is 141. The zero-order valence-electron chi connectivity index (χ0n) is 6.85. The van der Waals surface area contributed by atoms with Gasteiger partial charge in [0.2, 0.25) is 0 Å². The minimum atomic E-state index is 0.438. The van der Waals surface area contributed by atoms with Crippen molar-refractivity contribution < 1.29 is 0 Å². The smallest absolute Gasteiger partial charge is 0.0364 e. The van der Waals surface area contributed by atoms with E-state index in [9.17, 15) is 0 Å². The average Bonchev–Trinajstić information content (AvgIpc) is 2.79. The standard InChI is InChI=1S/C10H15Cl/c1-2-3-4-5-6-10(11)9-7-8-9/h1,9-10H,3-8H2. The van der Waals surface area contributed by atoms with Crippen LogP contribution in [0.5, 0.6) is 0 Å². The normalized spacial score (nSPS) is 19.3. The lowest BCUT2D eigenvalue weighted by Crippen LogP contribution is -2.00. The van der Waals surface area contributed by atoms with Gasteiger partial charge in [-0.15, -0.1) is 23.9 Å². The Kier molecular flexibility index (Phi) is 3.80. The summed E-state index contributed by atoms with van der Waals surface area (Å²) in [6, 6.07) is 0. The summed E-state index contributed by atoms with van der Waals surface area (Å²) in [6.07, 6.45) is 12.3. The Hall–Kier alpha value is -0.150. The van der Waals surface area contributed by atoms with Crippen molar-refractivity contribution in [3.63, 3.8) is 0 Å². The molecule has 1 atom stereocenters. The van der Waals surface area contributed by atoms with Gasteiger partial charge in [0.25, 0.3) is 0 Å². The quantitative estimate of drug-likeness (QED) is 0.338. The van der Waals surface area contributed by atoms with Crippen LogP contribution in [-0.2, 0) is 0 Å². The second-order valence-electron chi connectivity index (χ2n) is 3.30. The molecule has 0 heterocycles. The average molecular weight is 171 g/mol. The highest BCUT2D eigenvalue weighted by Gasteiger charge is 2.28. The van der Waals surface area contributed by atoms with E-state index in [-0.39, 0.29) is 0 Å². The van der Waals surface area contributed by atoms with Crippen LogP contribution >= 0.6 is 11.6 Å². The fourth-order valence-corrected chi connectivity index (χ4v) is 1.67. The molecule has 0 spiro atoms. The minimum absolute atomic E-state index is 0.438. The van der Waals surface area contributed by atoms with Crippen LogP contribution in [0.15, 0.2) is 0 Å². The van der Waals surface area contributed by atoms with E-state index < -0.39 is 0 Å². The first kappa shape index (κ1) is 8.94. The molecular weight excluding hydrogens is 156 g/mol. The van der Waals surface area contributed by atoms with Gasteiger partial charge in [0.1, 0.15) is 0 Å². The third kappa shape index (κ3) is 3.68. The van der Waals surface area contributed by atoms with Gasteiger partial charge in [0, 0.05) is 11.8 Å². The maximum atomic E-state index is 6.11. The van der Waals surface area contributed by atoms with Crippen LogP contribution in [0.2, 0.25) is 0 Å². The molecule has 62 valence electrons. The molecule has 1 saturated carbocycles. The van der Waals surface area contributed by atoms with Crippen LogP contribution in [0.4, 0.5) is 0 Å². The molecule has 0 amide bonds. The number of terminal acetylenes is 1. The van der Waals surface area contributed by atoms with Crippen LogP contribution in [0.25, 0.3) is 0 Å². The maximum Gasteiger partial charge on any atom is 0.0364 e. The number of rotatable bonds is 5. The molecule has 0 aliphatic heterocycles. The van der Waals surface area contributed by atoms with Crippen molar-refractivity contribution in [2.75, 3.05) is 0 Å². The topological polar surface area (TPSA) is 0 Å². The van der Waals surface area contributed by atoms with Crippen LogP contribution in [0.1, 0.15) is 38.5 Å². The highest BCUT2D eigenvalue weighted by Crippen LogP contribution is 2.37. The van der Waals surface area contributed by atoms with E-state index in [0.29, 0.717) is 5.38 Å². The van der Waals surface area contributed by atoms with Crippen molar-refractivity contribution >= 4 is 11.6 Å². The Balaban J connectivity index is 1.90. The second kappa shape index (κ2) is 4.67. The molecule has 1 heteroatoms. The van der Waals surface area contributed by atoms with Gasteiger partial charge >= 0.3 is 0 Å². The molecule has 0 aromatic carbocycles. The number of hydrogen-bond acceptors (Lipinski definition) is 0. The SMILES string of the molecule is C#CCCCCC(Cl)C1CC1. The molecule has 0 N–H and O–H groups in total. The first-order chi connectivity index (χ1) is 5.34. The molecule has 0 aromatic rings. The van der Waals surface area contributed by atoms with Crippen molar-refractivity contribution in [2.24, 2.45) is 5.92 Å². The van der Waals surface area contributed by atoms with Crippen molar-refractivity contribution in [1.82, 2.24) is 0 Å². The molecule has 0 saturated heterocycles. The van der Waals surface area contributed by atoms with E-state index in [2.05, 4.69) is 5.92 Å². The van der Waals surface area contributed by atoms with E-state index in [1.54, 1.807) is 0 Å². The lowest BCUT2D eigenvalue weighted by atomic mass is 10.1. The predicted octanol–water partition coefficient (Wildman–Crippen LogP) is 3.20. The molecular formula is C10H15Cl. The molecule has 11 heavy (non-hydrogen) atoms. The largest absolute Gasteiger partial charge is 0.123 e. The molecule has 1 aliphatic carbocycles. The van der Waals surface area contributed by atoms with Gasteiger partial charge < -0.3 is 0 Å². The Labute approximate surface area is 74.3 Å². The monoisotopic (exact) mass is 170 g/mol. The molecule has 1 fully saturated rings. The Morgan fingerprint density at radius 3 is 2.73 bits per heavy atom. The summed E-state index contributed by atoms with van der Waals surface area (Å²) >= 11 is 6.11. The third-order valence-corrected chi connectivity index (χ3v) is 2.76. The first-order valence-corrected chi connectivity index (χ1v) is 4.85. The second-order valence-corrected chi connectivity index (χ2v) is 3.86. The molecule has 1 aliphatic rings. The zero-order valence-corrected chi connectivity index (χ0v) is 7.61. The fourth-order valence-electron chi connectivity index (χ4n) is 1.26. The van der Waals surface area contributed by atoms with Crippen molar-refractivity contribution in [3.05, 3.63) is 0 Å². The van der Waals surface area contributed by atoms with Crippen molar-refractivity contribution in [2.45, 2.75) is 43.9 Å². The van der Waals surface area contributed by atoms with Gasteiger partial charge in [-0.1, -0.05) is 6.42 Å². The maximum absolute atomic E-state index is 6.11. The molecule has 0 radical (unpaired) electrons. The predicted molar refractivity (Wildman–Crippen MR) is 49.7 cm³/mol. The van der Waals surface area contributed by atoms with Crippen LogP contribution in [-0.4, -0.2) is 5.38 Å². The molecule has 1 unspecified atom stereocenters. The van der Waals surface area contributed by atoms with Gasteiger partial charge in [0.15, 0.2) is 0 Å². The first-order valence-electron chi connectivity index (χ1n) is 4.42. The summed E-state index contributed by atoms with van der Waals surface area (Å²) < 4.78 is 0. The molecule has 1 rings (SSSR count). The van der Waals surface area contributed by atoms with Gasteiger partial charge in [-0.3, -0.25) is 0 Å². The van der Waals surface area contributed by atoms with Crippen LogP contribution in [0.3, 0.4) is 0 Å². The Morgan fingerprint density at radius 2 is 2.18 bits per heavy atom.